The Labute approximate surface area is 137 Å². The molecule has 5 nitrogen and oxygen atoms in total. The van der Waals surface area contributed by atoms with E-state index in [0.29, 0.717) is 39.6 Å². The number of thiazole rings is 1. The average Bonchev–Trinajstić information content (AvgIpc) is 3.03. The Bertz CT molecular complexity index is 777. The van der Waals surface area contributed by atoms with Crippen LogP contribution in [0, 0.1) is 17.7 Å². The van der Waals surface area contributed by atoms with E-state index in [4.69, 9.17) is 11.5 Å². The molecule has 7 heteroatoms. The first-order chi connectivity index (χ1) is 11.1. The number of amides is 1. The number of fused-ring (bicyclic) bond motifs is 1. The van der Waals surface area contributed by atoms with Crippen molar-refractivity contribution in [2.45, 2.75) is 12.5 Å². The molecule has 1 aliphatic heterocycles. The van der Waals surface area contributed by atoms with Gasteiger partial charge in [0, 0.05) is 19.1 Å². The minimum absolute atomic E-state index is 0.0794. The molecular weight excluding hydrogens is 315 g/mol. The normalized spacial score (nSPS) is 25.5. The van der Waals surface area contributed by atoms with Crippen molar-refractivity contribution in [3.63, 3.8) is 0 Å². The molecule has 2 fully saturated rings. The Hall–Kier alpha value is -1.99. The van der Waals surface area contributed by atoms with Gasteiger partial charge in [0.25, 0.3) is 5.91 Å². The van der Waals surface area contributed by atoms with Gasteiger partial charge in [0.1, 0.15) is 11.5 Å². The molecule has 1 unspecified atom stereocenters. The van der Waals surface area contributed by atoms with E-state index in [2.05, 4.69) is 4.98 Å². The van der Waals surface area contributed by atoms with Gasteiger partial charge in [-0.15, -0.1) is 0 Å². The zero-order valence-electron chi connectivity index (χ0n) is 12.4. The summed E-state index contributed by atoms with van der Waals surface area (Å²) in [6, 6.07) is 6.22. The molecule has 2 heterocycles. The van der Waals surface area contributed by atoms with Crippen molar-refractivity contribution in [1.29, 1.82) is 0 Å². The minimum atomic E-state index is -0.352. The van der Waals surface area contributed by atoms with E-state index in [1.807, 2.05) is 4.90 Å². The number of nitrogens with two attached hydrogens (primary N) is 2. The molecule has 1 saturated carbocycles. The summed E-state index contributed by atoms with van der Waals surface area (Å²) in [5.41, 5.74) is 12.6. The summed E-state index contributed by atoms with van der Waals surface area (Å²) in [6.07, 6.45) is 1.15. The number of carbonyl (C=O) groups is 1. The quantitative estimate of drug-likeness (QED) is 0.899. The molecule has 2 aliphatic rings. The number of hydrogen-bond donors (Lipinski definition) is 2. The fourth-order valence-corrected chi connectivity index (χ4v) is 4.37. The fourth-order valence-electron chi connectivity index (χ4n) is 3.55. The van der Waals surface area contributed by atoms with Gasteiger partial charge in [-0.3, -0.25) is 4.79 Å². The molecular formula is C16H17FN4OS. The number of aromatic nitrogens is 1. The van der Waals surface area contributed by atoms with Crippen molar-refractivity contribution < 1.29 is 9.18 Å². The number of carbonyl (C=O) groups excluding carboxylic acids is 1. The number of nitrogen functional groups attached to an aromatic ring is 1. The lowest BCUT2D eigenvalue weighted by molar-refractivity contribution is 0.0708. The molecule has 0 radical (unpaired) electrons. The number of likely N-dealkylation sites (tertiary alicyclic amines) is 1. The van der Waals surface area contributed by atoms with E-state index >= 15 is 0 Å². The van der Waals surface area contributed by atoms with Gasteiger partial charge in [-0.2, -0.15) is 0 Å². The Morgan fingerprint density at radius 1 is 1.48 bits per heavy atom. The number of nitrogens with zero attached hydrogens (tertiary/aromatic N) is 2. The third-order valence-corrected chi connectivity index (χ3v) is 5.67. The first-order valence-corrected chi connectivity index (χ1v) is 8.43. The maximum atomic E-state index is 13.5. The molecule has 120 valence electrons. The molecule has 2 aromatic rings. The number of piperidine rings is 1. The summed E-state index contributed by atoms with van der Waals surface area (Å²) in [5.74, 6) is 0.591. The van der Waals surface area contributed by atoms with Crippen molar-refractivity contribution in [2.75, 3.05) is 18.8 Å². The van der Waals surface area contributed by atoms with Crippen molar-refractivity contribution >= 4 is 22.4 Å². The van der Waals surface area contributed by atoms with Crippen LogP contribution < -0.4 is 11.5 Å². The lowest BCUT2D eigenvalue weighted by Gasteiger charge is -2.26. The third-order valence-electron chi connectivity index (χ3n) is 4.74. The van der Waals surface area contributed by atoms with Gasteiger partial charge in [0.15, 0.2) is 5.13 Å². The Balaban J connectivity index is 1.70. The van der Waals surface area contributed by atoms with Gasteiger partial charge < -0.3 is 16.4 Å². The van der Waals surface area contributed by atoms with Gasteiger partial charge in [0.05, 0.1) is 4.88 Å². The lowest BCUT2D eigenvalue weighted by Crippen LogP contribution is -2.43. The first-order valence-electron chi connectivity index (χ1n) is 7.61. The van der Waals surface area contributed by atoms with Gasteiger partial charge in [-0.1, -0.05) is 23.5 Å². The number of benzene rings is 1. The minimum Gasteiger partial charge on any atom is -0.375 e. The van der Waals surface area contributed by atoms with Crippen molar-refractivity contribution in [1.82, 2.24) is 9.88 Å². The summed E-state index contributed by atoms with van der Waals surface area (Å²) in [4.78, 5) is 19.6. The van der Waals surface area contributed by atoms with Crippen LogP contribution >= 0.6 is 11.3 Å². The highest BCUT2D eigenvalue weighted by molar-refractivity contribution is 7.19. The molecule has 1 aliphatic carbocycles. The van der Waals surface area contributed by atoms with Crippen LogP contribution in [0.4, 0.5) is 9.52 Å². The van der Waals surface area contributed by atoms with Crippen molar-refractivity contribution in [2.24, 2.45) is 17.6 Å². The monoisotopic (exact) mass is 332 g/mol. The maximum absolute atomic E-state index is 13.5. The second-order valence-corrected chi connectivity index (χ2v) is 7.19. The van der Waals surface area contributed by atoms with E-state index < -0.39 is 0 Å². The molecule has 4 N–H and O–H groups in total. The van der Waals surface area contributed by atoms with Crippen molar-refractivity contribution in [3.05, 3.63) is 35.8 Å². The second kappa shape index (κ2) is 5.28. The fraction of sp³-hybridized carbons (Fsp3) is 0.375. The predicted octanol–water partition coefficient (Wildman–Crippen LogP) is 1.95. The molecule has 1 saturated heterocycles. The summed E-state index contributed by atoms with van der Waals surface area (Å²) >= 11 is 1.21. The first kappa shape index (κ1) is 14.6. The Kier molecular flexibility index (Phi) is 3.35. The van der Waals surface area contributed by atoms with E-state index in [9.17, 15) is 9.18 Å². The molecule has 1 aromatic heterocycles. The van der Waals surface area contributed by atoms with E-state index in [1.165, 1.54) is 23.5 Å². The highest BCUT2D eigenvalue weighted by atomic mass is 32.1. The zero-order valence-corrected chi connectivity index (χ0v) is 13.2. The molecule has 0 spiro atoms. The Morgan fingerprint density at radius 3 is 3.04 bits per heavy atom. The van der Waals surface area contributed by atoms with Gasteiger partial charge >= 0.3 is 0 Å². The van der Waals surface area contributed by atoms with E-state index in [-0.39, 0.29) is 17.8 Å². The highest BCUT2D eigenvalue weighted by Gasteiger charge is 2.53. The smallest absolute Gasteiger partial charge is 0.274 e. The van der Waals surface area contributed by atoms with Crippen LogP contribution in [-0.4, -0.2) is 34.9 Å². The average molecular weight is 332 g/mol. The van der Waals surface area contributed by atoms with Crippen LogP contribution in [0.1, 0.15) is 16.9 Å². The Morgan fingerprint density at radius 2 is 2.30 bits per heavy atom. The zero-order chi connectivity index (χ0) is 16.1. The van der Waals surface area contributed by atoms with E-state index in [0.717, 1.165) is 13.0 Å². The third kappa shape index (κ3) is 2.40. The summed E-state index contributed by atoms with van der Waals surface area (Å²) in [5, 5.41) is 0.307. The molecule has 23 heavy (non-hydrogen) atoms. The van der Waals surface area contributed by atoms with Gasteiger partial charge in [0.2, 0.25) is 0 Å². The van der Waals surface area contributed by atoms with E-state index in [1.54, 1.807) is 12.1 Å². The summed E-state index contributed by atoms with van der Waals surface area (Å²) in [6.45, 7) is 1.19. The standard InChI is InChI=1S/C16H17FN4OS/c17-10-3-1-2-8(4-10)14-13(20-16(19)23-14)15(22)21-7-9-5-11(9)12(21)6-18/h1-4,9,11-12H,5-7,18H2,(H2,19,20)/t9?,11-,12+/m0/s1. The SMILES string of the molecule is NC[C@@H]1[C@H]2CC2CN1C(=O)c1nc(N)sc1-c1cccc(F)c1. The summed E-state index contributed by atoms with van der Waals surface area (Å²) in [7, 11) is 0. The van der Waals surface area contributed by atoms with Crippen molar-refractivity contribution in [3.8, 4) is 10.4 Å². The number of rotatable bonds is 3. The molecule has 1 amide bonds. The number of hydrogen-bond acceptors (Lipinski definition) is 5. The molecule has 0 bridgehead atoms. The molecule has 4 rings (SSSR count). The van der Waals surface area contributed by atoms with Crippen LogP contribution in [0.15, 0.2) is 24.3 Å². The van der Waals surface area contributed by atoms with Crippen LogP contribution in [-0.2, 0) is 0 Å². The van der Waals surface area contributed by atoms with Gasteiger partial charge in [-0.05, 0) is 36.0 Å². The van der Waals surface area contributed by atoms with Gasteiger partial charge in [-0.25, -0.2) is 9.37 Å². The second-order valence-electron chi connectivity index (χ2n) is 6.16. The maximum Gasteiger partial charge on any atom is 0.274 e. The summed E-state index contributed by atoms with van der Waals surface area (Å²) < 4.78 is 13.5. The van der Waals surface area contributed by atoms with Crippen LogP contribution in [0.2, 0.25) is 0 Å². The molecule has 3 atom stereocenters. The van der Waals surface area contributed by atoms with Crippen LogP contribution in [0.3, 0.4) is 0 Å². The highest BCUT2D eigenvalue weighted by Crippen LogP contribution is 2.49. The number of anilines is 1. The number of halogens is 1. The largest absolute Gasteiger partial charge is 0.375 e. The lowest BCUT2D eigenvalue weighted by atomic mass is 10.1. The topological polar surface area (TPSA) is 85.2 Å². The van der Waals surface area contributed by atoms with Crippen LogP contribution in [0.5, 0.6) is 0 Å². The predicted molar refractivity (Wildman–Crippen MR) is 87.4 cm³/mol. The van der Waals surface area contributed by atoms with Crippen LogP contribution in [0.25, 0.3) is 10.4 Å². The molecule has 1 aromatic carbocycles.